The fraction of sp³-hybridized carbons (Fsp3) is 0. The third-order valence-corrected chi connectivity index (χ3v) is 3.50. The van der Waals surface area contributed by atoms with Crippen molar-refractivity contribution in [3.05, 3.63) is 62.3 Å². The molecule has 0 fully saturated rings. The van der Waals surface area contributed by atoms with E-state index in [-0.39, 0.29) is 11.3 Å². The van der Waals surface area contributed by atoms with Crippen LogP contribution >= 0.6 is 39.1 Å². The Bertz CT molecular complexity index is 628. The molecule has 0 spiro atoms. The highest BCUT2D eigenvalue weighted by Gasteiger charge is 2.15. The molecule has 6 heteroatoms. The van der Waals surface area contributed by atoms with Crippen LogP contribution in [0.3, 0.4) is 0 Å². The molecule has 2 rings (SSSR count). The number of hydrogen-bond acceptors (Lipinski definition) is 1. The van der Waals surface area contributed by atoms with Crippen LogP contribution in [-0.2, 0) is 0 Å². The van der Waals surface area contributed by atoms with Crippen LogP contribution in [0.1, 0.15) is 10.4 Å². The Hall–Kier alpha value is -1.10. The molecule has 19 heavy (non-hydrogen) atoms. The molecule has 0 atom stereocenters. The molecule has 0 aliphatic rings. The maximum atomic E-state index is 13.6. The van der Waals surface area contributed by atoms with E-state index in [0.29, 0.717) is 14.5 Å². The molecule has 0 aliphatic heterocycles. The van der Waals surface area contributed by atoms with Crippen molar-refractivity contribution < 1.29 is 9.18 Å². The molecule has 2 aromatic rings. The number of nitrogens with one attached hydrogen (secondary N) is 1. The lowest BCUT2D eigenvalue weighted by Gasteiger charge is -2.09. The fourth-order valence-corrected chi connectivity index (χ4v) is 2.30. The van der Waals surface area contributed by atoms with Gasteiger partial charge in [0, 0.05) is 4.47 Å². The molecule has 1 amide bonds. The topological polar surface area (TPSA) is 29.1 Å². The number of para-hydroxylation sites is 1. The van der Waals surface area contributed by atoms with Crippen molar-refractivity contribution in [3.63, 3.8) is 0 Å². The van der Waals surface area contributed by atoms with E-state index < -0.39 is 11.7 Å². The lowest BCUT2D eigenvalue weighted by Crippen LogP contribution is -2.14. The monoisotopic (exact) mass is 361 g/mol. The van der Waals surface area contributed by atoms with Gasteiger partial charge in [-0.25, -0.2) is 4.39 Å². The summed E-state index contributed by atoms with van der Waals surface area (Å²) in [6.45, 7) is 0. The quantitative estimate of drug-likeness (QED) is 0.786. The highest BCUT2D eigenvalue weighted by Crippen LogP contribution is 2.30. The highest BCUT2D eigenvalue weighted by molar-refractivity contribution is 9.10. The number of rotatable bonds is 2. The number of benzene rings is 2. The van der Waals surface area contributed by atoms with Gasteiger partial charge in [0.1, 0.15) is 5.82 Å². The van der Waals surface area contributed by atoms with Crippen LogP contribution < -0.4 is 5.32 Å². The summed E-state index contributed by atoms with van der Waals surface area (Å²) in [6, 6.07) is 8.98. The van der Waals surface area contributed by atoms with E-state index >= 15 is 0 Å². The van der Waals surface area contributed by atoms with Gasteiger partial charge in [0.15, 0.2) is 0 Å². The van der Waals surface area contributed by atoms with Gasteiger partial charge in [-0.05, 0) is 30.3 Å². The van der Waals surface area contributed by atoms with Crippen LogP contribution in [0.2, 0.25) is 10.0 Å². The van der Waals surface area contributed by atoms with E-state index in [9.17, 15) is 9.18 Å². The van der Waals surface area contributed by atoms with E-state index in [1.807, 2.05) is 0 Å². The van der Waals surface area contributed by atoms with Crippen molar-refractivity contribution in [2.75, 3.05) is 5.32 Å². The summed E-state index contributed by atoms with van der Waals surface area (Å²) in [6.07, 6.45) is 0. The van der Waals surface area contributed by atoms with Crippen LogP contribution in [0.4, 0.5) is 10.1 Å². The minimum absolute atomic E-state index is 0.0841. The van der Waals surface area contributed by atoms with Crippen LogP contribution in [0, 0.1) is 5.82 Å². The maximum Gasteiger partial charge on any atom is 0.258 e. The predicted octanol–water partition coefficient (Wildman–Crippen LogP) is 5.15. The molecule has 98 valence electrons. The zero-order valence-corrected chi connectivity index (χ0v) is 12.5. The molecule has 0 unspecified atom stereocenters. The molecular weight excluding hydrogens is 356 g/mol. The van der Waals surface area contributed by atoms with Crippen LogP contribution in [0.15, 0.2) is 40.9 Å². The van der Waals surface area contributed by atoms with Crippen molar-refractivity contribution in [1.29, 1.82) is 0 Å². The lowest BCUT2D eigenvalue weighted by atomic mass is 10.2. The average Bonchev–Trinajstić information content (AvgIpc) is 2.33. The van der Waals surface area contributed by atoms with Crippen molar-refractivity contribution in [2.24, 2.45) is 0 Å². The zero-order chi connectivity index (χ0) is 14.0. The summed E-state index contributed by atoms with van der Waals surface area (Å²) in [5, 5.41) is 3.08. The molecule has 0 bridgehead atoms. The Labute approximate surface area is 127 Å². The first-order valence-corrected chi connectivity index (χ1v) is 6.74. The number of hydrogen-bond donors (Lipinski definition) is 1. The summed E-state index contributed by atoms with van der Waals surface area (Å²) >= 11 is 15.0. The van der Waals surface area contributed by atoms with Gasteiger partial charge < -0.3 is 5.32 Å². The van der Waals surface area contributed by atoms with E-state index in [2.05, 4.69) is 21.2 Å². The normalized spacial score (nSPS) is 10.3. The zero-order valence-electron chi connectivity index (χ0n) is 9.38. The molecule has 0 saturated carbocycles. The molecule has 2 aromatic carbocycles. The highest BCUT2D eigenvalue weighted by atomic mass is 79.9. The second kappa shape index (κ2) is 5.90. The van der Waals surface area contributed by atoms with E-state index in [1.165, 1.54) is 12.1 Å². The molecule has 0 radical (unpaired) electrons. The third-order valence-electron chi connectivity index (χ3n) is 2.38. The second-order valence-electron chi connectivity index (χ2n) is 3.67. The first-order chi connectivity index (χ1) is 8.99. The second-order valence-corrected chi connectivity index (χ2v) is 5.41. The Kier molecular flexibility index (Phi) is 4.45. The molecule has 2 nitrogen and oxygen atoms in total. The number of halogens is 4. The average molecular weight is 363 g/mol. The first-order valence-electron chi connectivity index (χ1n) is 5.19. The molecule has 0 aliphatic carbocycles. The summed E-state index contributed by atoms with van der Waals surface area (Å²) in [4.78, 5) is 12.0. The van der Waals surface area contributed by atoms with Gasteiger partial charge in [-0.1, -0.05) is 45.2 Å². The van der Waals surface area contributed by atoms with Crippen LogP contribution in [0.5, 0.6) is 0 Å². The van der Waals surface area contributed by atoms with Gasteiger partial charge >= 0.3 is 0 Å². The van der Waals surface area contributed by atoms with Gasteiger partial charge in [0.25, 0.3) is 5.91 Å². The van der Waals surface area contributed by atoms with E-state index in [4.69, 9.17) is 23.2 Å². The molecule has 0 saturated heterocycles. The van der Waals surface area contributed by atoms with Gasteiger partial charge in [0.05, 0.1) is 21.3 Å². The van der Waals surface area contributed by atoms with Gasteiger partial charge in [-0.2, -0.15) is 0 Å². The SMILES string of the molecule is O=C(Nc1c(Cl)cccc1Cl)c1ccc(Br)cc1F. The molecule has 0 aromatic heterocycles. The van der Waals surface area contributed by atoms with Crippen molar-refractivity contribution in [3.8, 4) is 0 Å². The number of amides is 1. The third kappa shape index (κ3) is 3.26. The Morgan fingerprint density at radius 2 is 1.79 bits per heavy atom. The minimum Gasteiger partial charge on any atom is -0.319 e. The summed E-state index contributed by atoms with van der Waals surface area (Å²) in [5.74, 6) is -1.24. The van der Waals surface area contributed by atoms with E-state index in [1.54, 1.807) is 24.3 Å². The lowest BCUT2D eigenvalue weighted by molar-refractivity contribution is 0.102. The molecule has 1 N–H and O–H groups in total. The largest absolute Gasteiger partial charge is 0.319 e. The van der Waals surface area contributed by atoms with Crippen molar-refractivity contribution in [2.45, 2.75) is 0 Å². The summed E-state index contributed by atoms with van der Waals surface area (Å²) < 4.78 is 14.2. The van der Waals surface area contributed by atoms with Crippen LogP contribution in [0.25, 0.3) is 0 Å². The fourth-order valence-electron chi connectivity index (χ4n) is 1.47. The predicted molar refractivity (Wildman–Crippen MR) is 78.5 cm³/mol. The van der Waals surface area contributed by atoms with Gasteiger partial charge in [-0.15, -0.1) is 0 Å². The minimum atomic E-state index is -0.630. The standard InChI is InChI=1S/C13H7BrCl2FNO/c14-7-4-5-8(11(17)6-7)13(19)18-12-9(15)2-1-3-10(12)16/h1-6H,(H,18,19). The van der Waals surface area contributed by atoms with Gasteiger partial charge in [0.2, 0.25) is 0 Å². The number of anilines is 1. The summed E-state index contributed by atoms with van der Waals surface area (Å²) in [5.41, 5.74) is 0.178. The summed E-state index contributed by atoms with van der Waals surface area (Å²) in [7, 11) is 0. The number of carbonyl (C=O) groups is 1. The molecular formula is C13H7BrCl2FNO. The first kappa shape index (κ1) is 14.3. The van der Waals surface area contributed by atoms with E-state index in [0.717, 1.165) is 0 Å². The van der Waals surface area contributed by atoms with Crippen molar-refractivity contribution >= 4 is 50.7 Å². The smallest absolute Gasteiger partial charge is 0.258 e. The maximum absolute atomic E-state index is 13.6. The Balaban J connectivity index is 2.31. The van der Waals surface area contributed by atoms with Crippen molar-refractivity contribution in [1.82, 2.24) is 0 Å². The van der Waals surface area contributed by atoms with Crippen LogP contribution in [-0.4, -0.2) is 5.91 Å². The Morgan fingerprint density at radius 3 is 2.37 bits per heavy atom. The van der Waals surface area contributed by atoms with Gasteiger partial charge in [-0.3, -0.25) is 4.79 Å². The Morgan fingerprint density at radius 1 is 1.16 bits per heavy atom. The number of carbonyl (C=O) groups excluding carboxylic acids is 1. The molecule has 0 heterocycles.